The van der Waals surface area contributed by atoms with Crippen molar-refractivity contribution < 1.29 is 27.9 Å². The molecule has 35 heavy (non-hydrogen) atoms. The number of aliphatic carboxylic acids is 1. The van der Waals surface area contributed by atoms with Gasteiger partial charge in [0.25, 0.3) is 5.56 Å². The van der Waals surface area contributed by atoms with Crippen molar-refractivity contribution in [2.75, 3.05) is 5.73 Å². The van der Waals surface area contributed by atoms with Crippen molar-refractivity contribution >= 4 is 39.6 Å². The molecule has 180 valence electrons. The van der Waals surface area contributed by atoms with E-state index in [2.05, 4.69) is 10.3 Å². The first-order valence-corrected chi connectivity index (χ1v) is 10.9. The van der Waals surface area contributed by atoms with E-state index in [-0.39, 0.29) is 40.8 Å². The number of benzene rings is 2. The van der Waals surface area contributed by atoms with Crippen LogP contribution in [0.1, 0.15) is 36.8 Å². The fourth-order valence-electron chi connectivity index (χ4n) is 4.29. The number of carbonyl (C=O) groups is 2. The number of amides is 1. The Kier molecular flexibility index (Phi) is 5.27. The number of nitrogen functional groups attached to an aromatic ring is 1. The summed E-state index contributed by atoms with van der Waals surface area (Å²) in [5, 5.41) is 11.7. The minimum atomic E-state index is -1.28. The van der Waals surface area contributed by atoms with Gasteiger partial charge in [0.05, 0.1) is 17.7 Å². The van der Waals surface area contributed by atoms with Crippen molar-refractivity contribution in [2.24, 2.45) is 0 Å². The maximum Gasteiger partial charge on any atom is 0.312 e. The predicted molar refractivity (Wildman–Crippen MR) is 123 cm³/mol. The second-order valence-electron chi connectivity index (χ2n) is 8.53. The fraction of sp³-hybridized carbons (Fsp3) is 0.250. The first kappa shape index (κ1) is 22.5. The summed E-state index contributed by atoms with van der Waals surface area (Å²) < 4.78 is 36.3. The summed E-state index contributed by atoms with van der Waals surface area (Å²) in [6, 6.07) is 5.16. The molecule has 5 rings (SSSR count). The number of carboxylic acid groups (broad SMARTS) is 1. The minimum Gasteiger partial charge on any atom is -0.481 e. The van der Waals surface area contributed by atoms with Crippen LogP contribution >= 0.6 is 0 Å². The fourth-order valence-corrected chi connectivity index (χ4v) is 4.29. The monoisotopic (exact) mass is 482 g/mol. The van der Waals surface area contributed by atoms with Crippen molar-refractivity contribution in [3.8, 4) is 11.1 Å². The lowest BCUT2D eigenvalue weighted by molar-refractivity contribution is -0.140. The highest BCUT2D eigenvalue weighted by Crippen LogP contribution is 2.41. The van der Waals surface area contributed by atoms with Crippen molar-refractivity contribution in [3.05, 3.63) is 57.7 Å². The van der Waals surface area contributed by atoms with Gasteiger partial charge < -0.3 is 25.1 Å². The molecule has 2 aromatic carbocycles. The van der Waals surface area contributed by atoms with Crippen LogP contribution in [0.15, 0.2) is 33.5 Å². The number of hydrogen-bond donors (Lipinski definition) is 3. The molecule has 0 unspecified atom stereocenters. The third-order valence-corrected chi connectivity index (χ3v) is 6.05. The van der Waals surface area contributed by atoms with Crippen molar-refractivity contribution in [1.29, 1.82) is 0 Å². The first-order valence-electron chi connectivity index (χ1n) is 10.9. The van der Waals surface area contributed by atoms with Crippen LogP contribution in [-0.2, 0) is 16.1 Å². The van der Waals surface area contributed by atoms with Gasteiger partial charge in [0.15, 0.2) is 11.1 Å². The summed E-state index contributed by atoms with van der Waals surface area (Å²) in [5.74, 6) is -3.40. The van der Waals surface area contributed by atoms with Gasteiger partial charge in [-0.2, -0.15) is 0 Å². The van der Waals surface area contributed by atoms with Gasteiger partial charge in [0.2, 0.25) is 11.8 Å². The number of aryl methyl sites for hydroxylation is 1. The third kappa shape index (κ3) is 3.88. The molecule has 0 bridgehead atoms. The zero-order chi connectivity index (χ0) is 25.0. The number of pyridine rings is 1. The summed E-state index contributed by atoms with van der Waals surface area (Å²) in [7, 11) is 0. The average Bonchev–Trinajstić information content (AvgIpc) is 3.53. The van der Waals surface area contributed by atoms with Gasteiger partial charge in [-0.1, -0.05) is 6.07 Å². The Morgan fingerprint density at radius 1 is 1.23 bits per heavy atom. The molecule has 1 aliphatic carbocycles. The van der Waals surface area contributed by atoms with Crippen LogP contribution < -0.4 is 16.6 Å². The molecule has 2 aromatic heterocycles. The van der Waals surface area contributed by atoms with Gasteiger partial charge in [-0.25, -0.2) is 13.8 Å². The highest BCUT2D eigenvalue weighted by atomic mass is 19.1. The standard InChI is InChI=1S/C24H20F2N4O5/c1-10-12(14-6-16(26)17(27)7-15(14)25)4-5-13-22(10)30(11-2-3-11)24(34)21-23(13)35-19(29-21)9-28-18(31)8-20(32)33/h4-7,11H,2-3,8-9,27H2,1H3,(H,28,31)(H,32,33). The lowest BCUT2D eigenvalue weighted by Crippen LogP contribution is -2.25. The quantitative estimate of drug-likeness (QED) is 0.283. The van der Waals surface area contributed by atoms with Crippen molar-refractivity contribution in [3.63, 3.8) is 0 Å². The number of oxazole rings is 1. The Morgan fingerprint density at radius 3 is 2.66 bits per heavy atom. The van der Waals surface area contributed by atoms with E-state index in [1.807, 2.05) is 0 Å². The molecule has 0 spiro atoms. The second-order valence-corrected chi connectivity index (χ2v) is 8.53. The predicted octanol–water partition coefficient (Wildman–Crippen LogP) is 3.40. The normalized spacial score (nSPS) is 13.5. The summed E-state index contributed by atoms with van der Waals surface area (Å²) in [5.41, 5.74) is 6.57. The summed E-state index contributed by atoms with van der Waals surface area (Å²) >= 11 is 0. The molecular formula is C24H20F2N4O5. The molecule has 1 amide bonds. The molecule has 4 aromatic rings. The number of anilines is 1. The van der Waals surface area contributed by atoms with Crippen LogP contribution in [0.25, 0.3) is 33.1 Å². The van der Waals surface area contributed by atoms with Gasteiger partial charge in [-0.15, -0.1) is 0 Å². The highest BCUT2D eigenvalue weighted by Gasteiger charge is 2.30. The van der Waals surface area contributed by atoms with E-state index >= 15 is 0 Å². The van der Waals surface area contributed by atoms with Gasteiger partial charge >= 0.3 is 5.97 Å². The first-order chi connectivity index (χ1) is 16.7. The van der Waals surface area contributed by atoms with Gasteiger partial charge in [0.1, 0.15) is 18.1 Å². The lowest BCUT2D eigenvalue weighted by atomic mass is 9.96. The number of nitrogens with zero attached hydrogens (tertiary/aromatic N) is 2. The van der Waals surface area contributed by atoms with Crippen molar-refractivity contribution in [1.82, 2.24) is 14.9 Å². The van der Waals surface area contributed by atoms with E-state index in [9.17, 15) is 23.2 Å². The minimum absolute atomic E-state index is 0.0189. The van der Waals surface area contributed by atoms with Crippen LogP contribution in [-0.4, -0.2) is 26.5 Å². The third-order valence-electron chi connectivity index (χ3n) is 6.05. The number of aromatic nitrogens is 2. The van der Waals surface area contributed by atoms with Crippen LogP contribution in [0.5, 0.6) is 0 Å². The SMILES string of the molecule is Cc1c(-c2cc(F)c(N)cc2F)ccc2c3oc(CNC(=O)CC(=O)O)nc3c(=O)n(C3CC3)c12. The maximum atomic E-state index is 14.7. The van der Waals surface area contributed by atoms with E-state index in [0.29, 0.717) is 22.0 Å². The molecule has 9 nitrogen and oxygen atoms in total. The molecule has 11 heteroatoms. The zero-order valence-electron chi connectivity index (χ0n) is 18.5. The molecule has 0 radical (unpaired) electrons. The molecule has 2 heterocycles. The molecule has 0 saturated heterocycles. The smallest absolute Gasteiger partial charge is 0.312 e. The van der Waals surface area contributed by atoms with Gasteiger partial charge in [0, 0.05) is 23.1 Å². The van der Waals surface area contributed by atoms with Crippen LogP contribution in [0.3, 0.4) is 0 Å². The number of carbonyl (C=O) groups excluding carboxylic acids is 1. The van der Waals surface area contributed by atoms with Crippen LogP contribution in [0.2, 0.25) is 0 Å². The van der Waals surface area contributed by atoms with E-state index in [1.54, 1.807) is 23.6 Å². The van der Waals surface area contributed by atoms with Gasteiger partial charge in [-0.05, 0) is 43.0 Å². The van der Waals surface area contributed by atoms with Crippen LogP contribution in [0.4, 0.5) is 14.5 Å². The number of nitrogens with one attached hydrogen (secondary N) is 1. The Labute approximate surface area is 196 Å². The number of halogens is 2. The topological polar surface area (TPSA) is 140 Å². The number of nitrogens with two attached hydrogens (primary N) is 1. The highest BCUT2D eigenvalue weighted by molar-refractivity contribution is 6.04. The second kappa shape index (κ2) is 8.19. The molecule has 0 aliphatic heterocycles. The van der Waals surface area contributed by atoms with E-state index in [1.165, 1.54) is 0 Å². The molecule has 1 saturated carbocycles. The van der Waals surface area contributed by atoms with E-state index in [4.69, 9.17) is 15.3 Å². The maximum absolute atomic E-state index is 14.7. The van der Waals surface area contributed by atoms with Crippen LogP contribution in [0, 0.1) is 18.6 Å². The summed E-state index contributed by atoms with van der Waals surface area (Å²) in [4.78, 5) is 40.0. The Bertz CT molecular complexity index is 1600. The molecule has 4 N–H and O–H groups in total. The van der Waals surface area contributed by atoms with Gasteiger partial charge in [-0.3, -0.25) is 14.4 Å². The number of hydrogen-bond acceptors (Lipinski definition) is 6. The summed E-state index contributed by atoms with van der Waals surface area (Å²) in [6.45, 7) is 1.52. The molecule has 0 atom stereocenters. The van der Waals surface area contributed by atoms with E-state index in [0.717, 1.165) is 25.0 Å². The Balaban J connectivity index is 1.68. The summed E-state index contributed by atoms with van der Waals surface area (Å²) in [6.07, 6.45) is 0.859. The largest absolute Gasteiger partial charge is 0.481 e. The van der Waals surface area contributed by atoms with Crippen molar-refractivity contribution in [2.45, 2.75) is 38.8 Å². The Morgan fingerprint density at radius 2 is 1.97 bits per heavy atom. The average molecular weight is 482 g/mol. The number of carboxylic acids is 1. The molecular weight excluding hydrogens is 462 g/mol. The van der Waals surface area contributed by atoms with E-state index < -0.39 is 35.5 Å². The Hall–Kier alpha value is -4.28. The molecule has 1 fully saturated rings. The lowest BCUT2D eigenvalue weighted by Gasteiger charge is -2.16. The number of rotatable bonds is 6. The molecule has 1 aliphatic rings. The number of fused-ring (bicyclic) bond motifs is 3. The zero-order valence-corrected chi connectivity index (χ0v) is 18.5.